The van der Waals surface area contributed by atoms with E-state index in [1.54, 1.807) is 0 Å². The van der Waals surface area contributed by atoms with E-state index in [1.165, 1.54) is 29.5 Å². The van der Waals surface area contributed by atoms with Crippen molar-refractivity contribution in [2.75, 3.05) is 0 Å². The van der Waals surface area contributed by atoms with Gasteiger partial charge in [-0.25, -0.2) is 0 Å². The van der Waals surface area contributed by atoms with Crippen molar-refractivity contribution < 1.29 is 0 Å². The molecule has 0 atom stereocenters. The number of benzene rings is 2. The van der Waals surface area contributed by atoms with Gasteiger partial charge >= 0.3 is 0 Å². The van der Waals surface area contributed by atoms with Gasteiger partial charge in [-0.15, -0.1) is 0 Å². The smallest absolute Gasteiger partial charge is 0.0208 e. The van der Waals surface area contributed by atoms with E-state index in [-0.39, 0.29) is 0 Å². The van der Waals surface area contributed by atoms with Crippen molar-refractivity contribution in [3.05, 3.63) is 60.2 Å². The maximum absolute atomic E-state index is 3.55. The Morgan fingerprint density at radius 2 is 1.65 bits per heavy atom. The van der Waals surface area contributed by atoms with Crippen LogP contribution in [0.25, 0.3) is 11.1 Å². The minimum absolute atomic E-state index is 0.774. The van der Waals surface area contributed by atoms with Gasteiger partial charge in [0.1, 0.15) is 0 Å². The topological polar surface area (TPSA) is 12.0 Å². The molecule has 0 unspecified atom stereocenters. The molecule has 0 radical (unpaired) electrons. The van der Waals surface area contributed by atoms with Crippen molar-refractivity contribution in [3.63, 3.8) is 0 Å². The van der Waals surface area contributed by atoms with Crippen LogP contribution in [0.5, 0.6) is 0 Å². The van der Waals surface area contributed by atoms with Gasteiger partial charge in [-0.1, -0.05) is 48.5 Å². The van der Waals surface area contributed by atoms with Crippen LogP contribution in [-0.4, -0.2) is 6.04 Å². The average molecular weight is 223 g/mol. The predicted octanol–water partition coefficient (Wildman–Crippen LogP) is 3.61. The van der Waals surface area contributed by atoms with Crippen LogP contribution in [0.4, 0.5) is 0 Å². The summed E-state index contributed by atoms with van der Waals surface area (Å²) in [4.78, 5) is 0. The SMILES string of the molecule is c1ccc(-c2cccc(CNC3CC3)c2)cc1. The summed E-state index contributed by atoms with van der Waals surface area (Å²) >= 11 is 0. The molecule has 86 valence electrons. The molecule has 2 aromatic carbocycles. The van der Waals surface area contributed by atoms with Gasteiger partial charge < -0.3 is 5.32 Å². The molecule has 1 aliphatic rings. The second kappa shape index (κ2) is 4.72. The predicted molar refractivity (Wildman–Crippen MR) is 71.7 cm³/mol. The van der Waals surface area contributed by atoms with E-state index < -0.39 is 0 Å². The van der Waals surface area contributed by atoms with E-state index in [0.717, 1.165) is 12.6 Å². The number of hydrogen-bond donors (Lipinski definition) is 1. The summed E-state index contributed by atoms with van der Waals surface area (Å²) in [5.41, 5.74) is 3.97. The summed E-state index contributed by atoms with van der Waals surface area (Å²) in [6.07, 6.45) is 2.69. The molecular formula is C16H17N. The van der Waals surface area contributed by atoms with Crippen LogP contribution in [0, 0.1) is 0 Å². The summed E-state index contributed by atoms with van der Waals surface area (Å²) in [5, 5.41) is 3.55. The summed E-state index contributed by atoms with van der Waals surface area (Å²) in [7, 11) is 0. The Bertz CT molecular complexity index is 486. The second-order valence-corrected chi connectivity index (χ2v) is 4.72. The monoisotopic (exact) mass is 223 g/mol. The molecule has 3 rings (SSSR count). The largest absolute Gasteiger partial charge is 0.310 e. The van der Waals surface area contributed by atoms with Crippen molar-refractivity contribution in [2.45, 2.75) is 25.4 Å². The highest BCUT2D eigenvalue weighted by Crippen LogP contribution is 2.22. The molecule has 2 aromatic rings. The molecule has 1 nitrogen and oxygen atoms in total. The summed E-state index contributed by atoms with van der Waals surface area (Å²) < 4.78 is 0. The highest BCUT2D eigenvalue weighted by molar-refractivity contribution is 5.63. The maximum Gasteiger partial charge on any atom is 0.0208 e. The van der Waals surface area contributed by atoms with Crippen LogP contribution in [-0.2, 0) is 6.54 Å². The Balaban J connectivity index is 1.78. The fourth-order valence-electron chi connectivity index (χ4n) is 2.04. The van der Waals surface area contributed by atoms with Crippen LogP contribution >= 0.6 is 0 Å². The lowest BCUT2D eigenvalue weighted by atomic mass is 10.0. The van der Waals surface area contributed by atoms with Crippen molar-refractivity contribution in [3.8, 4) is 11.1 Å². The van der Waals surface area contributed by atoms with Gasteiger partial charge in [-0.2, -0.15) is 0 Å². The standard InChI is InChI=1S/C16H17N/c1-2-6-14(7-3-1)15-8-4-5-13(11-15)12-17-16-9-10-16/h1-8,11,16-17H,9-10,12H2. The van der Waals surface area contributed by atoms with E-state index in [9.17, 15) is 0 Å². The summed E-state index contributed by atoms with van der Waals surface area (Å²) in [5.74, 6) is 0. The zero-order valence-electron chi connectivity index (χ0n) is 9.89. The van der Waals surface area contributed by atoms with Crippen LogP contribution in [0.1, 0.15) is 18.4 Å². The first-order chi connectivity index (χ1) is 8.42. The average Bonchev–Trinajstić information content (AvgIpc) is 3.22. The van der Waals surface area contributed by atoms with Crippen molar-refractivity contribution in [1.29, 1.82) is 0 Å². The second-order valence-electron chi connectivity index (χ2n) is 4.72. The number of rotatable bonds is 4. The van der Waals surface area contributed by atoms with Crippen molar-refractivity contribution in [1.82, 2.24) is 5.32 Å². The molecular weight excluding hydrogens is 206 g/mol. The molecule has 17 heavy (non-hydrogen) atoms. The normalized spacial score (nSPS) is 14.8. The molecule has 0 heterocycles. The van der Waals surface area contributed by atoms with E-state index in [0.29, 0.717) is 0 Å². The first-order valence-corrected chi connectivity index (χ1v) is 6.29. The fourth-order valence-corrected chi connectivity index (χ4v) is 2.04. The molecule has 0 aliphatic heterocycles. The van der Waals surface area contributed by atoms with Crippen LogP contribution in [0.3, 0.4) is 0 Å². The maximum atomic E-state index is 3.55. The van der Waals surface area contributed by atoms with Gasteiger partial charge in [0.2, 0.25) is 0 Å². The molecule has 0 bridgehead atoms. The number of hydrogen-bond acceptors (Lipinski definition) is 1. The zero-order valence-corrected chi connectivity index (χ0v) is 9.89. The van der Waals surface area contributed by atoms with Gasteiger partial charge in [0.05, 0.1) is 0 Å². The molecule has 1 N–H and O–H groups in total. The Hall–Kier alpha value is -1.60. The summed E-state index contributed by atoms with van der Waals surface area (Å²) in [6, 6.07) is 20.1. The van der Waals surface area contributed by atoms with Gasteiger partial charge in [0.25, 0.3) is 0 Å². The third-order valence-corrected chi connectivity index (χ3v) is 3.21. The zero-order chi connectivity index (χ0) is 11.5. The van der Waals surface area contributed by atoms with Crippen LogP contribution in [0.2, 0.25) is 0 Å². The van der Waals surface area contributed by atoms with Gasteiger partial charge in [-0.05, 0) is 35.6 Å². The first-order valence-electron chi connectivity index (χ1n) is 6.29. The van der Waals surface area contributed by atoms with Crippen LogP contribution < -0.4 is 5.32 Å². The molecule has 1 aliphatic carbocycles. The molecule has 1 fully saturated rings. The van der Waals surface area contributed by atoms with E-state index in [1.807, 2.05) is 0 Å². The first kappa shape index (κ1) is 10.5. The van der Waals surface area contributed by atoms with Gasteiger partial charge in [-0.3, -0.25) is 0 Å². The lowest BCUT2D eigenvalue weighted by molar-refractivity contribution is 0.688. The Morgan fingerprint density at radius 1 is 0.882 bits per heavy atom. The third-order valence-electron chi connectivity index (χ3n) is 3.21. The third kappa shape index (κ3) is 2.75. The minimum Gasteiger partial charge on any atom is -0.310 e. The fraction of sp³-hybridized carbons (Fsp3) is 0.250. The van der Waals surface area contributed by atoms with Crippen molar-refractivity contribution >= 4 is 0 Å². The molecule has 0 spiro atoms. The summed E-state index contributed by atoms with van der Waals surface area (Å²) in [6.45, 7) is 0.991. The Kier molecular flexibility index (Phi) is 2.93. The van der Waals surface area contributed by atoms with Crippen LogP contribution in [0.15, 0.2) is 54.6 Å². The van der Waals surface area contributed by atoms with Gasteiger partial charge in [0.15, 0.2) is 0 Å². The number of nitrogens with one attached hydrogen (secondary N) is 1. The van der Waals surface area contributed by atoms with E-state index in [2.05, 4.69) is 59.9 Å². The molecule has 1 heteroatoms. The molecule has 1 saturated carbocycles. The van der Waals surface area contributed by atoms with E-state index in [4.69, 9.17) is 0 Å². The quantitative estimate of drug-likeness (QED) is 0.835. The van der Waals surface area contributed by atoms with Gasteiger partial charge in [0, 0.05) is 12.6 Å². The Morgan fingerprint density at radius 3 is 2.41 bits per heavy atom. The minimum atomic E-state index is 0.774. The van der Waals surface area contributed by atoms with E-state index >= 15 is 0 Å². The molecule has 0 amide bonds. The van der Waals surface area contributed by atoms with Crippen molar-refractivity contribution in [2.24, 2.45) is 0 Å². The molecule has 0 saturated heterocycles. The molecule has 0 aromatic heterocycles. The Labute approximate surface area is 102 Å². The highest BCUT2D eigenvalue weighted by Gasteiger charge is 2.19. The highest BCUT2D eigenvalue weighted by atomic mass is 14.9. The lowest BCUT2D eigenvalue weighted by Crippen LogP contribution is -2.15. The lowest BCUT2D eigenvalue weighted by Gasteiger charge is -2.06.